The second kappa shape index (κ2) is 5.40. The summed E-state index contributed by atoms with van der Waals surface area (Å²) in [5.74, 6) is 0. The van der Waals surface area contributed by atoms with Crippen LogP contribution in [0.3, 0.4) is 0 Å². The van der Waals surface area contributed by atoms with Crippen LogP contribution in [0.4, 0.5) is 18.9 Å². The summed E-state index contributed by atoms with van der Waals surface area (Å²) in [6, 6.07) is 3.72. The van der Waals surface area contributed by atoms with E-state index < -0.39 is 21.8 Å². The Balaban J connectivity index is 3.55. The van der Waals surface area contributed by atoms with Gasteiger partial charge in [-0.3, -0.25) is 4.31 Å². The van der Waals surface area contributed by atoms with Crippen LogP contribution in [0.15, 0.2) is 18.2 Å². The number of halogens is 3. The highest BCUT2D eigenvalue weighted by molar-refractivity contribution is 7.92. The van der Waals surface area contributed by atoms with E-state index in [4.69, 9.17) is 0 Å². The Morgan fingerprint density at radius 2 is 1.84 bits per heavy atom. The molecule has 7 heteroatoms. The Labute approximate surface area is 111 Å². The normalized spacial score (nSPS) is 12.5. The zero-order chi connectivity index (χ0) is 14.8. The fourth-order valence-electron chi connectivity index (χ4n) is 1.83. The summed E-state index contributed by atoms with van der Waals surface area (Å²) in [5, 5.41) is 0. The first-order valence-electron chi connectivity index (χ1n) is 5.72. The van der Waals surface area contributed by atoms with Gasteiger partial charge < -0.3 is 0 Å². The van der Waals surface area contributed by atoms with Crippen molar-refractivity contribution >= 4 is 15.7 Å². The number of benzene rings is 1. The first kappa shape index (κ1) is 15.8. The van der Waals surface area contributed by atoms with Gasteiger partial charge in [0.05, 0.1) is 17.5 Å². The molecule has 0 unspecified atom stereocenters. The molecule has 0 aliphatic rings. The van der Waals surface area contributed by atoms with Gasteiger partial charge in [0, 0.05) is 7.05 Å². The van der Waals surface area contributed by atoms with Gasteiger partial charge in [0.15, 0.2) is 0 Å². The highest BCUT2D eigenvalue weighted by Gasteiger charge is 2.36. The van der Waals surface area contributed by atoms with Crippen molar-refractivity contribution in [1.82, 2.24) is 0 Å². The maximum Gasteiger partial charge on any atom is 0.418 e. The van der Waals surface area contributed by atoms with Crippen LogP contribution in [0.2, 0.25) is 0 Å². The van der Waals surface area contributed by atoms with E-state index in [0.717, 1.165) is 19.4 Å². The first-order valence-corrected chi connectivity index (χ1v) is 7.56. The summed E-state index contributed by atoms with van der Waals surface area (Å²) < 4.78 is 62.7. The van der Waals surface area contributed by atoms with E-state index >= 15 is 0 Å². The summed E-state index contributed by atoms with van der Waals surface area (Å²) in [4.78, 5) is 0. The number of sulfonamides is 1. The predicted molar refractivity (Wildman–Crippen MR) is 68.7 cm³/mol. The molecule has 0 fully saturated rings. The smallest absolute Gasteiger partial charge is 0.273 e. The molecule has 0 amide bonds. The van der Waals surface area contributed by atoms with Gasteiger partial charge in [0.2, 0.25) is 10.0 Å². The van der Waals surface area contributed by atoms with Crippen molar-refractivity contribution in [3.05, 3.63) is 29.3 Å². The second-order valence-corrected chi connectivity index (χ2v) is 6.31. The van der Waals surface area contributed by atoms with E-state index in [-0.39, 0.29) is 5.69 Å². The minimum absolute atomic E-state index is 0.278. The lowest BCUT2D eigenvalue weighted by atomic mass is 10.0. The molecule has 0 bridgehead atoms. The molecular formula is C12H16F3NO2S. The number of alkyl halides is 3. The first-order chi connectivity index (χ1) is 8.59. The summed E-state index contributed by atoms with van der Waals surface area (Å²) in [7, 11) is -2.61. The third-order valence-corrected chi connectivity index (χ3v) is 3.93. The van der Waals surface area contributed by atoms with Gasteiger partial charge >= 0.3 is 6.18 Å². The molecule has 0 aliphatic heterocycles. The zero-order valence-electron chi connectivity index (χ0n) is 11.0. The van der Waals surface area contributed by atoms with Gasteiger partial charge in [-0.05, 0) is 18.1 Å². The minimum Gasteiger partial charge on any atom is -0.273 e. The quantitative estimate of drug-likeness (QED) is 0.856. The maximum atomic E-state index is 13.0. The highest BCUT2D eigenvalue weighted by atomic mass is 32.2. The molecule has 0 saturated carbocycles. The summed E-state index contributed by atoms with van der Waals surface area (Å²) in [6.45, 7) is 1.82. The number of rotatable bonds is 4. The molecule has 0 N–H and O–H groups in total. The molecule has 1 aromatic carbocycles. The van der Waals surface area contributed by atoms with E-state index in [2.05, 4.69) is 0 Å². The van der Waals surface area contributed by atoms with Crippen LogP contribution in [0.25, 0.3) is 0 Å². The summed E-state index contributed by atoms with van der Waals surface area (Å²) in [6.07, 6.45) is -2.68. The molecule has 0 heterocycles. The number of nitrogens with zero attached hydrogens (tertiary/aromatic N) is 1. The van der Waals surface area contributed by atoms with Crippen molar-refractivity contribution in [1.29, 1.82) is 0 Å². The van der Waals surface area contributed by atoms with Crippen molar-refractivity contribution in [3.8, 4) is 0 Å². The molecule has 3 nitrogen and oxygen atoms in total. The summed E-state index contributed by atoms with van der Waals surface area (Å²) in [5.41, 5.74) is -0.823. The second-order valence-electron chi connectivity index (χ2n) is 4.29. The third kappa shape index (κ3) is 3.62. The number of aryl methyl sites for hydroxylation is 1. The standard InChI is InChI=1S/C12H16F3NO2S/c1-4-6-9-7-5-8-10(12(13,14)15)11(9)16(2)19(3,17)18/h5,7-8H,4,6H2,1-3H3. The largest absolute Gasteiger partial charge is 0.418 e. The van der Waals surface area contributed by atoms with Gasteiger partial charge in [0.25, 0.3) is 0 Å². The number of hydrogen-bond donors (Lipinski definition) is 0. The highest BCUT2D eigenvalue weighted by Crippen LogP contribution is 2.39. The topological polar surface area (TPSA) is 37.4 Å². The number of anilines is 1. The molecular weight excluding hydrogens is 279 g/mol. The van der Waals surface area contributed by atoms with Crippen molar-refractivity contribution in [3.63, 3.8) is 0 Å². The van der Waals surface area contributed by atoms with Crippen molar-refractivity contribution in [2.24, 2.45) is 0 Å². The zero-order valence-corrected chi connectivity index (χ0v) is 11.8. The molecule has 1 rings (SSSR count). The number of para-hydroxylation sites is 1. The Bertz CT molecular complexity index is 553. The molecule has 1 aromatic rings. The molecule has 0 aromatic heterocycles. The van der Waals surface area contributed by atoms with Gasteiger partial charge in [-0.25, -0.2) is 8.42 Å². The molecule has 0 atom stereocenters. The Hall–Kier alpha value is -1.24. The number of hydrogen-bond acceptors (Lipinski definition) is 2. The molecule has 19 heavy (non-hydrogen) atoms. The van der Waals surface area contributed by atoms with Crippen LogP contribution in [-0.2, 0) is 22.6 Å². The maximum absolute atomic E-state index is 13.0. The van der Waals surface area contributed by atoms with E-state index in [9.17, 15) is 21.6 Å². The van der Waals surface area contributed by atoms with E-state index in [1.807, 2.05) is 6.92 Å². The summed E-state index contributed by atoms with van der Waals surface area (Å²) >= 11 is 0. The van der Waals surface area contributed by atoms with Crippen molar-refractivity contribution in [2.45, 2.75) is 25.9 Å². The predicted octanol–water partition coefficient (Wildman–Crippen LogP) is 3.05. The average Bonchev–Trinajstić information content (AvgIpc) is 2.26. The van der Waals surface area contributed by atoms with Gasteiger partial charge in [-0.2, -0.15) is 13.2 Å². The Morgan fingerprint density at radius 1 is 1.26 bits per heavy atom. The van der Waals surface area contributed by atoms with Crippen LogP contribution in [0, 0.1) is 0 Å². The van der Waals surface area contributed by atoms with Gasteiger partial charge in [0.1, 0.15) is 0 Å². The molecule has 108 valence electrons. The third-order valence-electron chi connectivity index (χ3n) is 2.76. The SMILES string of the molecule is CCCc1cccc(C(F)(F)F)c1N(C)S(C)(=O)=O. The van der Waals surface area contributed by atoms with Crippen LogP contribution < -0.4 is 4.31 Å². The molecule has 0 saturated heterocycles. The minimum atomic E-state index is -4.59. The molecule has 0 aliphatic carbocycles. The van der Waals surface area contributed by atoms with E-state index in [0.29, 0.717) is 22.7 Å². The van der Waals surface area contributed by atoms with E-state index in [1.54, 1.807) is 0 Å². The monoisotopic (exact) mass is 295 g/mol. The van der Waals surface area contributed by atoms with Gasteiger partial charge in [-0.15, -0.1) is 0 Å². The van der Waals surface area contributed by atoms with Crippen molar-refractivity contribution < 1.29 is 21.6 Å². The average molecular weight is 295 g/mol. The molecule has 0 radical (unpaired) electrons. The lowest BCUT2D eigenvalue weighted by Crippen LogP contribution is -2.28. The van der Waals surface area contributed by atoms with Crippen molar-refractivity contribution in [2.75, 3.05) is 17.6 Å². The Morgan fingerprint density at radius 3 is 2.26 bits per heavy atom. The van der Waals surface area contributed by atoms with Crippen LogP contribution in [0.5, 0.6) is 0 Å². The van der Waals surface area contributed by atoms with Crippen LogP contribution in [0.1, 0.15) is 24.5 Å². The van der Waals surface area contributed by atoms with E-state index in [1.165, 1.54) is 12.1 Å². The lowest BCUT2D eigenvalue weighted by Gasteiger charge is -2.24. The van der Waals surface area contributed by atoms with Crippen LogP contribution in [-0.4, -0.2) is 21.7 Å². The van der Waals surface area contributed by atoms with Crippen LogP contribution >= 0.6 is 0 Å². The fourth-order valence-corrected chi connectivity index (χ4v) is 2.38. The fraction of sp³-hybridized carbons (Fsp3) is 0.500. The Kier molecular flexibility index (Phi) is 4.50. The van der Waals surface area contributed by atoms with Gasteiger partial charge in [-0.1, -0.05) is 25.5 Å². The lowest BCUT2D eigenvalue weighted by molar-refractivity contribution is -0.137. The molecule has 0 spiro atoms.